The maximum atomic E-state index is 5.47. The van der Waals surface area contributed by atoms with E-state index in [-0.39, 0.29) is 0 Å². The highest BCUT2D eigenvalue weighted by Crippen LogP contribution is 2.21. The molecular weight excluding hydrogens is 364 g/mol. The van der Waals surface area contributed by atoms with Crippen molar-refractivity contribution in [2.24, 2.45) is 7.05 Å². The maximum absolute atomic E-state index is 5.47. The van der Waals surface area contributed by atoms with E-state index in [0.29, 0.717) is 6.54 Å². The molecule has 29 heavy (non-hydrogen) atoms. The van der Waals surface area contributed by atoms with Crippen molar-refractivity contribution in [3.05, 3.63) is 54.4 Å². The highest BCUT2D eigenvalue weighted by molar-refractivity contribution is 5.79. The number of rotatable bonds is 6. The van der Waals surface area contributed by atoms with Gasteiger partial charge in [-0.1, -0.05) is 24.3 Å². The molecule has 7 nitrogen and oxygen atoms in total. The Labute approximate surface area is 169 Å². The normalized spacial score (nSPS) is 15.3. The van der Waals surface area contributed by atoms with Crippen molar-refractivity contribution >= 4 is 28.0 Å². The quantitative estimate of drug-likeness (QED) is 0.549. The van der Waals surface area contributed by atoms with Gasteiger partial charge in [0.25, 0.3) is 0 Å². The van der Waals surface area contributed by atoms with E-state index < -0.39 is 0 Å². The number of ether oxygens (including phenoxy) is 1. The first kappa shape index (κ1) is 18.1. The van der Waals surface area contributed by atoms with E-state index in [1.54, 1.807) is 0 Å². The van der Waals surface area contributed by atoms with Crippen molar-refractivity contribution in [3.63, 3.8) is 0 Å². The minimum absolute atomic E-state index is 0.631. The summed E-state index contributed by atoms with van der Waals surface area (Å²) in [4.78, 5) is 12.1. The highest BCUT2D eigenvalue weighted by atomic mass is 16.5. The first-order chi connectivity index (χ1) is 14.3. The molecule has 1 fully saturated rings. The Kier molecular flexibility index (Phi) is 4.91. The van der Waals surface area contributed by atoms with Gasteiger partial charge in [0.05, 0.1) is 41.8 Å². The summed E-state index contributed by atoms with van der Waals surface area (Å²) in [5.74, 6) is 1.89. The fraction of sp³-hybridized carbons (Fsp3) is 0.364. The summed E-state index contributed by atoms with van der Waals surface area (Å²) in [6, 6.07) is 16.5. The van der Waals surface area contributed by atoms with Crippen LogP contribution in [0.1, 0.15) is 5.82 Å². The summed E-state index contributed by atoms with van der Waals surface area (Å²) >= 11 is 0. The Morgan fingerprint density at radius 2 is 1.59 bits per heavy atom. The minimum Gasteiger partial charge on any atom is -0.379 e. The van der Waals surface area contributed by atoms with Crippen LogP contribution in [0.4, 0.5) is 5.95 Å². The third-order valence-electron chi connectivity index (χ3n) is 5.68. The smallest absolute Gasteiger partial charge is 0.204 e. The van der Waals surface area contributed by atoms with Crippen LogP contribution < -0.4 is 5.32 Å². The van der Waals surface area contributed by atoms with Crippen molar-refractivity contribution in [2.45, 2.75) is 13.1 Å². The number of hydrogen-bond acceptors (Lipinski definition) is 5. The Morgan fingerprint density at radius 3 is 2.34 bits per heavy atom. The zero-order chi connectivity index (χ0) is 19.6. The van der Waals surface area contributed by atoms with Crippen molar-refractivity contribution in [3.8, 4) is 0 Å². The molecule has 0 amide bonds. The van der Waals surface area contributed by atoms with E-state index in [1.807, 2.05) is 18.2 Å². The first-order valence-electron chi connectivity index (χ1n) is 10.2. The van der Waals surface area contributed by atoms with Crippen molar-refractivity contribution in [1.82, 2.24) is 24.0 Å². The van der Waals surface area contributed by atoms with E-state index in [4.69, 9.17) is 14.7 Å². The standard InChI is InChI=1S/C22H26N6O/c1-26-19-8-4-2-6-17(19)24-21(26)16-23-22-25-18-7-3-5-9-20(18)28(22)11-10-27-12-14-29-15-13-27/h2-9H,10-16H2,1H3,(H,23,25). The lowest BCUT2D eigenvalue weighted by Gasteiger charge is -2.27. The minimum atomic E-state index is 0.631. The third-order valence-corrected chi connectivity index (χ3v) is 5.68. The van der Waals surface area contributed by atoms with Crippen LogP contribution in [-0.4, -0.2) is 56.9 Å². The zero-order valence-electron chi connectivity index (χ0n) is 16.7. The van der Waals surface area contributed by atoms with Gasteiger partial charge in [0, 0.05) is 33.2 Å². The first-order valence-corrected chi connectivity index (χ1v) is 10.2. The summed E-state index contributed by atoms with van der Waals surface area (Å²) < 4.78 is 9.90. The van der Waals surface area contributed by atoms with Crippen LogP contribution in [0.5, 0.6) is 0 Å². The summed E-state index contributed by atoms with van der Waals surface area (Å²) in [6.45, 7) is 6.15. The van der Waals surface area contributed by atoms with Crippen molar-refractivity contribution < 1.29 is 4.74 Å². The predicted molar refractivity (Wildman–Crippen MR) is 115 cm³/mol. The molecule has 0 atom stereocenters. The Bertz CT molecular complexity index is 1120. The number of aryl methyl sites for hydroxylation is 1. The van der Waals surface area contributed by atoms with Crippen LogP contribution >= 0.6 is 0 Å². The van der Waals surface area contributed by atoms with Gasteiger partial charge < -0.3 is 19.2 Å². The highest BCUT2D eigenvalue weighted by Gasteiger charge is 2.15. The summed E-state index contributed by atoms with van der Waals surface area (Å²) in [5.41, 5.74) is 4.34. The van der Waals surface area contributed by atoms with Crippen LogP contribution in [0.15, 0.2) is 48.5 Å². The van der Waals surface area contributed by atoms with Crippen LogP contribution in [0.3, 0.4) is 0 Å². The fourth-order valence-electron chi connectivity index (χ4n) is 4.01. The molecule has 0 spiro atoms. The van der Waals surface area contributed by atoms with Gasteiger partial charge in [-0.2, -0.15) is 0 Å². The molecule has 4 aromatic rings. The average Bonchev–Trinajstić information content (AvgIpc) is 3.29. The Hall–Kier alpha value is -2.90. The van der Waals surface area contributed by atoms with Gasteiger partial charge in [0.1, 0.15) is 5.82 Å². The molecule has 2 aromatic heterocycles. The number of aromatic nitrogens is 4. The number of benzene rings is 2. The molecule has 7 heteroatoms. The van der Waals surface area contributed by atoms with Crippen LogP contribution in [0.2, 0.25) is 0 Å². The number of imidazole rings is 2. The second-order valence-corrected chi connectivity index (χ2v) is 7.46. The van der Waals surface area contributed by atoms with Crippen LogP contribution in [-0.2, 0) is 24.9 Å². The van der Waals surface area contributed by atoms with Crippen molar-refractivity contribution in [2.75, 3.05) is 38.2 Å². The number of hydrogen-bond donors (Lipinski definition) is 1. The topological polar surface area (TPSA) is 60.1 Å². The number of morpholine rings is 1. The molecule has 1 aliphatic heterocycles. The van der Waals surface area contributed by atoms with E-state index in [1.165, 1.54) is 0 Å². The second-order valence-electron chi connectivity index (χ2n) is 7.46. The lowest BCUT2D eigenvalue weighted by molar-refractivity contribution is 0.0366. The number of para-hydroxylation sites is 4. The Balaban J connectivity index is 1.39. The molecule has 3 heterocycles. The van der Waals surface area contributed by atoms with Gasteiger partial charge in [0.2, 0.25) is 5.95 Å². The molecule has 0 unspecified atom stereocenters. The van der Waals surface area contributed by atoms with Gasteiger partial charge in [0.15, 0.2) is 0 Å². The van der Waals surface area contributed by atoms with E-state index in [2.05, 4.69) is 56.7 Å². The lowest BCUT2D eigenvalue weighted by Crippen LogP contribution is -2.38. The van der Waals surface area contributed by atoms with Gasteiger partial charge in [-0.25, -0.2) is 9.97 Å². The summed E-state index contributed by atoms with van der Waals surface area (Å²) in [7, 11) is 2.06. The average molecular weight is 390 g/mol. The molecule has 0 saturated carbocycles. The molecule has 1 N–H and O–H groups in total. The molecule has 5 rings (SSSR count). The van der Waals surface area contributed by atoms with Crippen LogP contribution in [0.25, 0.3) is 22.1 Å². The Morgan fingerprint density at radius 1 is 0.897 bits per heavy atom. The van der Waals surface area contributed by atoms with Gasteiger partial charge >= 0.3 is 0 Å². The van der Waals surface area contributed by atoms with E-state index in [0.717, 1.165) is 73.2 Å². The van der Waals surface area contributed by atoms with Gasteiger partial charge in [-0.3, -0.25) is 4.90 Å². The summed E-state index contributed by atoms with van der Waals surface area (Å²) in [5, 5.41) is 3.53. The molecular formula is C22H26N6O. The largest absolute Gasteiger partial charge is 0.379 e. The van der Waals surface area contributed by atoms with E-state index >= 15 is 0 Å². The molecule has 0 aliphatic carbocycles. The predicted octanol–water partition coefficient (Wildman–Crippen LogP) is 2.87. The zero-order valence-corrected chi connectivity index (χ0v) is 16.7. The molecule has 2 aromatic carbocycles. The number of nitrogens with one attached hydrogen (secondary N) is 1. The molecule has 1 saturated heterocycles. The van der Waals surface area contributed by atoms with Gasteiger partial charge in [-0.15, -0.1) is 0 Å². The van der Waals surface area contributed by atoms with Gasteiger partial charge in [-0.05, 0) is 24.3 Å². The SMILES string of the molecule is Cn1c(CNc2nc3ccccc3n2CCN2CCOCC2)nc2ccccc21. The number of fused-ring (bicyclic) bond motifs is 2. The molecule has 1 aliphatic rings. The van der Waals surface area contributed by atoms with Crippen LogP contribution in [0, 0.1) is 0 Å². The van der Waals surface area contributed by atoms with E-state index in [9.17, 15) is 0 Å². The number of anilines is 1. The fourth-order valence-corrected chi connectivity index (χ4v) is 4.01. The molecule has 0 radical (unpaired) electrons. The lowest BCUT2D eigenvalue weighted by atomic mass is 10.3. The second kappa shape index (κ2) is 7.85. The summed E-state index contributed by atoms with van der Waals surface area (Å²) in [6.07, 6.45) is 0. The molecule has 150 valence electrons. The van der Waals surface area contributed by atoms with Crippen molar-refractivity contribution in [1.29, 1.82) is 0 Å². The monoisotopic (exact) mass is 390 g/mol. The molecule has 0 bridgehead atoms. The maximum Gasteiger partial charge on any atom is 0.204 e. The number of nitrogens with zero attached hydrogens (tertiary/aromatic N) is 5. The third kappa shape index (κ3) is 3.59.